The lowest BCUT2D eigenvalue weighted by Gasteiger charge is -2.13. The SMILES string of the molecule is O=C1C[C@@H](CCF)[C@@H](CO)N1. The summed E-state index contributed by atoms with van der Waals surface area (Å²) >= 11 is 0. The fourth-order valence-electron chi connectivity index (χ4n) is 1.40. The topological polar surface area (TPSA) is 49.3 Å². The molecule has 64 valence electrons. The first-order valence-corrected chi connectivity index (χ1v) is 3.74. The predicted molar refractivity (Wildman–Crippen MR) is 37.7 cm³/mol. The zero-order valence-electron chi connectivity index (χ0n) is 6.22. The number of rotatable bonds is 3. The molecule has 0 bridgehead atoms. The van der Waals surface area contributed by atoms with Crippen molar-refractivity contribution in [1.29, 1.82) is 0 Å². The molecule has 0 spiro atoms. The van der Waals surface area contributed by atoms with Gasteiger partial charge in [-0.1, -0.05) is 0 Å². The number of nitrogens with one attached hydrogen (secondary N) is 1. The molecular formula is C7H12FNO2. The standard InChI is InChI=1S/C7H12FNO2/c8-2-1-5-3-7(11)9-6(5)4-10/h5-6,10H,1-4H2,(H,9,11)/t5-,6-/m1/s1. The van der Waals surface area contributed by atoms with Gasteiger partial charge in [0, 0.05) is 6.42 Å². The maximum atomic E-state index is 11.9. The third kappa shape index (κ3) is 1.89. The Morgan fingerprint density at radius 2 is 2.45 bits per heavy atom. The van der Waals surface area contributed by atoms with Gasteiger partial charge in [-0.15, -0.1) is 0 Å². The number of halogens is 1. The molecule has 4 heteroatoms. The molecule has 1 heterocycles. The largest absolute Gasteiger partial charge is 0.394 e. The second-order valence-corrected chi connectivity index (χ2v) is 2.80. The average molecular weight is 161 g/mol. The van der Waals surface area contributed by atoms with Crippen molar-refractivity contribution in [2.75, 3.05) is 13.3 Å². The smallest absolute Gasteiger partial charge is 0.220 e. The van der Waals surface area contributed by atoms with Gasteiger partial charge in [0.25, 0.3) is 0 Å². The van der Waals surface area contributed by atoms with E-state index in [1.807, 2.05) is 0 Å². The molecule has 1 fully saturated rings. The van der Waals surface area contributed by atoms with Crippen LogP contribution in [0.3, 0.4) is 0 Å². The van der Waals surface area contributed by atoms with Crippen LogP contribution in [-0.4, -0.2) is 30.3 Å². The van der Waals surface area contributed by atoms with Crippen LogP contribution in [0.15, 0.2) is 0 Å². The number of hydrogen-bond donors (Lipinski definition) is 2. The molecule has 0 saturated carbocycles. The van der Waals surface area contributed by atoms with Crippen LogP contribution in [0.1, 0.15) is 12.8 Å². The number of hydrogen-bond acceptors (Lipinski definition) is 2. The number of alkyl halides is 1. The monoisotopic (exact) mass is 161 g/mol. The molecule has 0 aromatic heterocycles. The molecule has 1 amide bonds. The zero-order valence-corrected chi connectivity index (χ0v) is 6.22. The summed E-state index contributed by atoms with van der Waals surface area (Å²) in [6, 6.07) is -0.224. The summed E-state index contributed by atoms with van der Waals surface area (Å²) in [4.78, 5) is 10.8. The van der Waals surface area contributed by atoms with Gasteiger partial charge in [-0.05, 0) is 12.3 Å². The van der Waals surface area contributed by atoms with Crippen LogP contribution in [0.5, 0.6) is 0 Å². The maximum Gasteiger partial charge on any atom is 0.220 e. The predicted octanol–water partition coefficient (Wildman–Crippen LogP) is -0.157. The molecule has 11 heavy (non-hydrogen) atoms. The summed E-state index contributed by atoms with van der Waals surface area (Å²) in [5.41, 5.74) is 0. The Morgan fingerprint density at radius 3 is 3.00 bits per heavy atom. The minimum Gasteiger partial charge on any atom is -0.394 e. The van der Waals surface area contributed by atoms with Gasteiger partial charge in [-0.25, -0.2) is 0 Å². The molecule has 2 atom stereocenters. The molecule has 3 nitrogen and oxygen atoms in total. The number of carbonyl (C=O) groups is 1. The van der Waals surface area contributed by atoms with E-state index in [0.29, 0.717) is 12.8 Å². The minimum atomic E-state index is -0.421. The lowest BCUT2D eigenvalue weighted by molar-refractivity contribution is -0.119. The van der Waals surface area contributed by atoms with E-state index in [0.717, 1.165) is 0 Å². The number of aliphatic hydroxyl groups excluding tert-OH is 1. The van der Waals surface area contributed by atoms with Crippen LogP contribution in [0.4, 0.5) is 4.39 Å². The highest BCUT2D eigenvalue weighted by atomic mass is 19.1. The lowest BCUT2D eigenvalue weighted by Crippen LogP contribution is -2.32. The van der Waals surface area contributed by atoms with Crippen molar-refractivity contribution in [2.24, 2.45) is 5.92 Å². The molecule has 1 aliphatic rings. The van der Waals surface area contributed by atoms with E-state index >= 15 is 0 Å². The third-order valence-electron chi connectivity index (χ3n) is 2.04. The van der Waals surface area contributed by atoms with E-state index in [1.165, 1.54) is 0 Å². The molecule has 1 aliphatic heterocycles. The van der Waals surface area contributed by atoms with E-state index in [-0.39, 0.29) is 24.5 Å². The van der Waals surface area contributed by atoms with E-state index in [1.54, 1.807) is 0 Å². The van der Waals surface area contributed by atoms with Crippen molar-refractivity contribution in [1.82, 2.24) is 5.32 Å². The Hall–Kier alpha value is -0.640. The van der Waals surface area contributed by atoms with E-state index in [9.17, 15) is 9.18 Å². The highest BCUT2D eigenvalue weighted by Gasteiger charge is 2.30. The number of carbonyl (C=O) groups excluding carboxylic acids is 1. The quantitative estimate of drug-likeness (QED) is 0.604. The molecule has 1 rings (SSSR count). The molecule has 0 aliphatic carbocycles. The minimum absolute atomic E-state index is 0.0162. The Balaban J connectivity index is 2.43. The van der Waals surface area contributed by atoms with E-state index < -0.39 is 6.67 Å². The summed E-state index contributed by atoms with van der Waals surface area (Å²) in [6.45, 7) is -0.507. The van der Waals surface area contributed by atoms with Gasteiger partial charge in [0.1, 0.15) is 0 Å². The first kappa shape index (κ1) is 8.46. The normalized spacial score (nSPS) is 30.5. The Bertz CT molecular complexity index is 151. The molecule has 0 unspecified atom stereocenters. The molecule has 1 saturated heterocycles. The second-order valence-electron chi connectivity index (χ2n) is 2.80. The van der Waals surface area contributed by atoms with Crippen molar-refractivity contribution < 1.29 is 14.3 Å². The summed E-state index contributed by atoms with van der Waals surface area (Å²) in [7, 11) is 0. The molecule has 0 aromatic carbocycles. The van der Waals surface area contributed by atoms with Gasteiger partial charge in [0.15, 0.2) is 0 Å². The van der Waals surface area contributed by atoms with Crippen molar-refractivity contribution in [3.63, 3.8) is 0 Å². The molecule has 2 N–H and O–H groups in total. The number of aliphatic hydroxyl groups is 1. The van der Waals surface area contributed by atoms with Crippen LogP contribution >= 0.6 is 0 Å². The van der Waals surface area contributed by atoms with Gasteiger partial charge >= 0.3 is 0 Å². The summed E-state index contributed by atoms with van der Waals surface area (Å²) < 4.78 is 11.9. The van der Waals surface area contributed by atoms with Gasteiger partial charge in [0.05, 0.1) is 19.3 Å². The first-order valence-electron chi connectivity index (χ1n) is 3.74. The lowest BCUT2D eigenvalue weighted by atomic mass is 9.98. The first-order chi connectivity index (χ1) is 5.27. The van der Waals surface area contributed by atoms with Crippen LogP contribution in [0.25, 0.3) is 0 Å². The van der Waals surface area contributed by atoms with Crippen LogP contribution in [0.2, 0.25) is 0 Å². The van der Waals surface area contributed by atoms with Crippen LogP contribution in [-0.2, 0) is 4.79 Å². The summed E-state index contributed by atoms with van der Waals surface area (Å²) in [6.07, 6.45) is 0.721. The fraction of sp³-hybridized carbons (Fsp3) is 0.857. The van der Waals surface area contributed by atoms with Crippen LogP contribution in [0, 0.1) is 5.92 Å². The molecule has 0 radical (unpaired) electrons. The van der Waals surface area contributed by atoms with Gasteiger partial charge < -0.3 is 10.4 Å². The van der Waals surface area contributed by atoms with Crippen molar-refractivity contribution >= 4 is 5.91 Å². The van der Waals surface area contributed by atoms with Crippen LogP contribution < -0.4 is 5.32 Å². The third-order valence-corrected chi connectivity index (χ3v) is 2.04. The van der Waals surface area contributed by atoms with Gasteiger partial charge in [-0.2, -0.15) is 0 Å². The molecule has 0 aromatic rings. The Labute approximate surface area is 64.6 Å². The van der Waals surface area contributed by atoms with Crippen molar-refractivity contribution in [3.8, 4) is 0 Å². The van der Waals surface area contributed by atoms with Crippen molar-refractivity contribution in [2.45, 2.75) is 18.9 Å². The van der Waals surface area contributed by atoms with Crippen molar-refractivity contribution in [3.05, 3.63) is 0 Å². The van der Waals surface area contributed by atoms with E-state index in [2.05, 4.69) is 5.32 Å². The fourth-order valence-corrected chi connectivity index (χ4v) is 1.40. The van der Waals surface area contributed by atoms with Gasteiger partial charge in [-0.3, -0.25) is 9.18 Å². The molecular weight excluding hydrogens is 149 g/mol. The highest BCUT2D eigenvalue weighted by Crippen LogP contribution is 2.19. The van der Waals surface area contributed by atoms with Gasteiger partial charge in [0.2, 0.25) is 5.91 Å². The average Bonchev–Trinajstić information content (AvgIpc) is 2.32. The maximum absolute atomic E-state index is 11.9. The highest BCUT2D eigenvalue weighted by molar-refractivity contribution is 5.79. The second kappa shape index (κ2) is 3.67. The van der Waals surface area contributed by atoms with E-state index in [4.69, 9.17) is 5.11 Å². The number of amides is 1. The zero-order chi connectivity index (χ0) is 8.27. The Kier molecular flexibility index (Phi) is 2.82. The summed E-state index contributed by atoms with van der Waals surface area (Å²) in [5.74, 6) is -0.0972. The summed E-state index contributed by atoms with van der Waals surface area (Å²) in [5, 5.41) is 11.3. The Morgan fingerprint density at radius 1 is 1.73 bits per heavy atom.